The highest BCUT2D eigenvalue weighted by Gasteiger charge is 2.06. The van der Waals surface area contributed by atoms with Crippen LogP contribution >= 0.6 is 15.9 Å². The molecular formula is C13H16BrN3. The molecular weight excluding hydrogens is 278 g/mol. The van der Waals surface area contributed by atoms with Crippen LogP contribution in [0.3, 0.4) is 0 Å². The minimum Gasteiger partial charge on any atom is -0.342 e. The van der Waals surface area contributed by atoms with Gasteiger partial charge < -0.3 is 10.7 Å². The van der Waals surface area contributed by atoms with Gasteiger partial charge in [-0.3, -0.25) is 0 Å². The molecule has 1 heterocycles. The van der Waals surface area contributed by atoms with Crippen molar-refractivity contribution in [2.45, 2.75) is 19.8 Å². The Hall–Kier alpha value is -1.13. The first-order valence-corrected chi connectivity index (χ1v) is 6.50. The maximum Gasteiger partial charge on any atom is 0.106 e. The Balaban J connectivity index is 2.27. The minimum absolute atomic E-state index is 0.700. The fourth-order valence-electron chi connectivity index (χ4n) is 1.78. The number of halogens is 1. The molecule has 17 heavy (non-hydrogen) atoms. The van der Waals surface area contributed by atoms with Crippen LogP contribution in [0.1, 0.15) is 17.8 Å². The van der Waals surface area contributed by atoms with Crippen LogP contribution < -0.4 is 5.73 Å². The van der Waals surface area contributed by atoms with Crippen molar-refractivity contribution >= 4 is 15.9 Å². The molecule has 0 saturated carbocycles. The van der Waals surface area contributed by atoms with Crippen molar-refractivity contribution in [2.24, 2.45) is 5.73 Å². The SMILES string of the molecule is Cc1ccc(Br)cc1-c1cnc(CCCN)[nH]1. The van der Waals surface area contributed by atoms with Gasteiger partial charge in [0.05, 0.1) is 11.9 Å². The zero-order chi connectivity index (χ0) is 12.3. The van der Waals surface area contributed by atoms with Crippen molar-refractivity contribution < 1.29 is 0 Å². The number of nitrogens with one attached hydrogen (secondary N) is 1. The van der Waals surface area contributed by atoms with Gasteiger partial charge in [-0.2, -0.15) is 0 Å². The summed E-state index contributed by atoms with van der Waals surface area (Å²) in [6.07, 6.45) is 3.76. The highest BCUT2D eigenvalue weighted by atomic mass is 79.9. The summed E-state index contributed by atoms with van der Waals surface area (Å²) >= 11 is 3.49. The van der Waals surface area contributed by atoms with Gasteiger partial charge in [-0.25, -0.2) is 4.98 Å². The lowest BCUT2D eigenvalue weighted by atomic mass is 10.1. The monoisotopic (exact) mass is 293 g/mol. The van der Waals surface area contributed by atoms with Crippen LogP contribution in [0.2, 0.25) is 0 Å². The molecule has 3 N–H and O–H groups in total. The predicted octanol–water partition coefficient (Wildman–Crippen LogP) is 3.04. The highest BCUT2D eigenvalue weighted by Crippen LogP contribution is 2.25. The Morgan fingerprint density at radius 1 is 1.41 bits per heavy atom. The van der Waals surface area contributed by atoms with Gasteiger partial charge in [-0.15, -0.1) is 0 Å². The van der Waals surface area contributed by atoms with E-state index in [4.69, 9.17) is 5.73 Å². The van der Waals surface area contributed by atoms with Crippen LogP contribution in [-0.2, 0) is 6.42 Å². The van der Waals surface area contributed by atoms with Crippen molar-refractivity contribution in [3.63, 3.8) is 0 Å². The van der Waals surface area contributed by atoms with Gasteiger partial charge in [-0.05, 0) is 37.6 Å². The molecule has 3 nitrogen and oxygen atoms in total. The molecule has 0 radical (unpaired) electrons. The second-order valence-corrected chi connectivity index (χ2v) is 5.01. The summed E-state index contributed by atoms with van der Waals surface area (Å²) in [5.74, 6) is 1.00. The Morgan fingerprint density at radius 2 is 2.24 bits per heavy atom. The first-order valence-electron chi connectivity index (χ1n) is 5.71. The lowest BCUT2D eigenvalue weighted by molar-refractivity contribution is 0.794. The molecule has 0 amide bonds. The minimum atomic E-state index is 0.700. The van der Waals surface area contributed by atoms with Crippen molar-refractivity contribution in [1.29, 1.82) is 0 Å². The first kappa shape index (κ1) is 12.3. The molecule has 90 valence electrons. The van der Waals surface area contributed by atoms with Gasteiger partial charge in [0.2, 0.25) is 0 Å². The number of nitrogens with two attached hydrogens (primary N) is 1. The second kappa shape index (κ2) is 5.47. The average molecular weight is 294 g/mol. The summed E-state index contributed by atoms with van der Waals surface area (Å²) in [4.78, 5) is 7.72. The van der Waals surface area contributed by atoms with E-state index in [0.717, 1.165) is 28.8 Å². The van der Waals surface area contributed by atoms with Gasteiger partial charge in [0, 0.05) is 16.5 Å². The van der Waals surface area contributed by atoms with E-state index >= 15 is 0 Å². The number of hydrogen-bond donors (Lipinski definition) is 2. The van der Waals surface area contributed by atoms with E-state index < -0.39 is 0 Å². The van der Waals surface area contributed by atoms with Crippen LogP contribution in [0.15, 0.2) is 28.9 Å². The predicted molar refractivity (Wildman–Crippen MR) is 73.8 cm³/mol. The van der Waals surface area contributed by atoms with Crippen molar-refractivity contribution in [3.05, 3.63) is 40.3 Å². The molecule has 0 atom stereocenters. The van der Waals surface area contributed by atoms with Crippen molar-refractivity contribution in [2.75, 3.05) is 6.54 Å². The Morgan fingerprint density at radius 3 is 3.00 bits per heavy atom. The fourth-order valence-corrected chi connectivity index (χ4v) is 2.14. The number of aromatic amines is 1. The topological polar surface area (TPSA) is 54.7 Å². The summed E-state index contributed by atoms with van der Waals surface area (Å²) in [5, 5.41) is 0. The molecule has 2 rings (SSSR count). The number of benzene rings is 1. The molecule has 0 aliphatic rings. The highest BCUT2D eigenvalue weighted by molar-refractivity contribution is 9.10. The molecule has 1 aromatic carbocycles. The van der Waals surface area contributed by atoms with E-state index in [-0.39, 0.29) is 0 Å². The van der Waals surface area contributed by atoms with Gasteiger partial charge >= 0.3 is 0 Å². The third-order valence-electron chi connectivity index (χ3n) is 2.74. The summed E-state index contributed by atoms with van der Waals surface area (Å²) in [6.45, 7) is 2.80. The van der Waals surface area contributed by atoms with Gasteiger partial charge in [0.1, 0.15) is 5.82 Å². The maximum atomic E-state index is 5.49. The number of hydrogen-bond acceptors (Lipinski definition) is 2. The normalized spacial score (nSPS) is 10.8. The number of imidazole rings is 1. The van der Waals surface area contributed by atoms with E-state index in [1.807, 2.05) is 12.3 Å². The first-order chi connectivity index (χ1) is 8.20. The fraction of sp³-hybridized carbons (Fsp3) is 0.308. The van der Waals surface area contributed by atoms with Gasteiger partial charge in [0.25, 0.3) is 0 Å². The molecule has 0 bridgehead atoms. The maximum absolute atomic E-state index is 5.49. The van der Waals surface area contributed by atoms with Crippen LogP contribution in [0.25, 0.3) is 11.3 Å². The Labute approximate surface area is 110 Å². The van der Waals surface area contributed by atoms with E-state index in [0.29, 0.717) is 6.54 Å². The van der Waals surface area contributed by atoms with Gasteiger partial charge in [-0.1, -0.05) is 22.0 Å². The van der Waals surface area contributed by atoms with Crippen LogP contribution in [-0.4, -0.2) is 16.5 Å². The molecule has 4 heteroatoms. The summed E-state index contributed by atoms with van der Waals surface area (Å²) in [6, 6.07) is 6.25. The summed E-state index contributed by atoms with van der Waals surface area (Å²) < 4.78 is 1.08. The van der Waals surface area contributed by atoms with E-state index in [1.165, 1.54) is 11.1 Å². The second-order valence-electron chi connectivity index (χ2n) is 4.10. The molecule has 2 aromatic rings. The smallest absolute Gasteiger partial charge is 0.106 e. The zero-order valence-corrected chi connectivity index (χ0v) is 11.4. The van der Waals surface area contributed by atoms with E-state index in [1.54, 1.807) is 0 Å². The van der Waals surface area contributed by atoms with Crippen molar-refractivity contribution in [1.82, 2.24) is 9.97 Å². The third-order valence-corrected chi connectivity index (χ3v) is 3.23. The summed E-state index contributed by atoms with van der Waals surface area (Å²) in [7, 11) is 0. The number of H-pyrrole nitrogens is 1. The molecule has 0 aliphatic carbocycles. The summed E-state index contributed by atoms with van der Waals surface area (Å²) in [5.41, 5.74) is 8.98. The average Bonchev–Trinajstić information content (AvgIpc) is 2.78. The van der Waals surface area contributed by atoms with Crippen LogP contribution in [0.4, 0.5) is 0 Å². The zero-order valence-electron chi connectivity index (χ0n) is 9.83. The molecule has 0 saturated heterocycles. The Bertz CT molecular complexity index is 505. The third kappa shape index (κ3) is 2.96. The molecule has 0 fully saturated rings. The van der Waals surface area contributed by atoms with E-state index in [2.05, 4.69) is 45.0 Å². The lowest BCUT2D eigenvalue weighted by Gasteiger charge is -2.03. The number of aromatic nitrogens is 2. The van der Waals surface area contributed by atoms with Gasteiger partial charge in [0.15, 0.2) is 0 Å². The molecule has 0 spiro atoms. The molecule has 1 aromatic heterocycles. The molecule has 0 unspecified atom stereocenters. The molecule has 0 aliphatic heterocycles. The number of rotatable bonds is 4. The van der Waals surface area contributed by atoms with Crippen LogP contribution in [0, 0.1) is 6.92 Å². The van der Waals surface area contributed by atoms with Crippen LogP contribution in [0.5, 0.6) is 0 Å². The quantitative estimate of drug-likeness (QED) is 0.910. The largest absolute Gasteiger partial charge is 0.342 e. The standard InChI is InChI=1S/C13H16BrN3/c1-9-4-5-10(14)7-11(9)12-8-16-13(17-12)3-2-6-15/h4-5,7-8H,2-3,6,15H2,1H3,(H,16,17). The number of aryl methyl sites for hydroxylation is 2. The Kier molecular flexibility index (Phi) is 3.97. The van der Waals surface area contributed by atoms with E-state index in [9.17, 15) is 0 Å². The number of nitrogens with zero attached hydrogens (tertiary/aromatic N) is 1. The van der Waals surface area contributed by atoms with Crippen molar-refractivity contribution in [3.8, 4) is 11.3 Å². The lowest BCUT2D eigenvalue weighted by Crippen LogP contribution is -2.01.